The molecule has 0 saturated heterocycles. The molecule has 0 bridgehead atoms. The average Bonchev–Trinajstić information content (AvgIpc) is 2.09. The van der Waals surface area contributed by atoms with Crippen LogP contribution < -0.4 is 0 Å². The van der Waals surface area contributed by atoms with Crippen LogP contribution in [0.2, 0.25) is 0 Å². The predicted molar refractivity (Wildman–Crippen MR) is 45.1 cm³/mol. The van der Waals surface area contributed by atoms with Gasteiger partial charge in [-0.2, -0.15) is 0 Å². The Morgan fingerprint density at radius 2 is 2.00 bits per heavy atom. The molecule has 1 heteroatoms. The van der Waals surface area contributed by atoms with Gasteiger partial charge >= 0.3 is 0 Å². The smallest absolute Gasteiger partial charge is 0.210 e. The van der Waals surface area contributed by atoms with Gasteiger partial charge in [-0.15, -0.1) is 6.58 Å². The van der Waals surface area contributed by atoms with Crippen molar-refractivity contribution >= 4 is 6.29 Å². The van der Waals surface area contributed by atoms with Crippen LogP contribution in [0.3, 0.4) is 0 Å². The maximum Gasteiger partial charge on any atom is 0.210 e. The Morgan fingerprint density at radius 3 is 2.45 bits per heavy atom. The summed E-state index contributed by atoms with van der Waals surface area (Å²) in [5, 5.41) is 0. The fraction of sp³-hybridized carbons (Fsp3) is 0.100. The molecule has 0 N–H and O–H groups in total. The van der Waals surface area contributed by atoms with Crippen molar-refractivity contribution in [2.75, 3.05) is 0 Å². The Balaban J connectivity index is 2.90. The normalized spacial score (nSPS) is 12.0. The van der Waals surface area contributed by atoms with E-state index in [0.717, 1.165) is 5.56 Å². The van der Waals surface area contributed by atoms with Crippen LogP contribution in [0, 0.1) is 0 Å². The first-order valence-corrected chi connectivity index (χ1v) is 3.43. The minimum Gasteiger partial charge on any atom is -0.290 e. The summed E-state index contributed by atoms with van der Waals surface area (Å²) in [4.78, 5) is 10.3. The van der Waals surface area contributed by atoms with Crippen molar-refractivity contribution in [3.8, 4) is 0 Å². The zero-order valence-electron chi connectivity index (χ0n) is 6.16. The highest BCUT2D eigenvalue weighted by Crippen LogP contribution is 2.12. The first-order valence-electron chi connectivity index (χ1n) is 3.43. The minimum absolute atomic E-state index is 0.281. The van der Waals surface area contributed by atoms with Crippen LogP contribution in [0.15, 0.2) is 43.0 Å². The Bertz CT molecular complexity index is 230. The molecule has 1 nitrogen and oxygen atoms in total. The van der Waals surface area contributed by atoms with Gasteiger partial charge < -0.3 is 0 Å². The molecule has 0 aliphatic carbocycles. The second-order valence-electron chi connectivity index (χ2n) is 2.24. The molecule has 0 aliphatic heterocycles. The lowest BCUT2D eigenvalue weighted by atomic mass is 10.3. The molecular formula is C10H9O. The molecule has 0 aliphatic rings. The van der Waals surface area contributed by atoms with E-state index in [1.807, 2.05) is 36.6 Å². The number of hydrogen-bond acceptors (Lipinski definition) is 1. The number of benzene rings is 1. The average molecular weight is 147 g/mol. The van der Waals surface area contributed by atoms with Crippen molar-refractivity contribution in [2.24, 2.45) is 0 Å². The molecule has 0 spiro atoms. The Labute approximate surface area is 66.4 Å². The third kappa shape index (κ3) is 1.77. The number of hydrogen-bond donors (Lipinski definition) is 0. The van der Waals surface area contributed by atoms with Crippen molar-refractivity contribution < 1.29 is 4.79 Å². The van der Waals surface area contributed by atoms with Crippen LogP contribution in [-0.4, -0.2) is 6.29 Å². The summed E-state index contributed by atoms with van der Waals surface area (Å²) in [5.74, 6) is -0.281. The van der Waals surface area contributed by atoms with Crippen molar-refractivity contribution in [1.82, 2.24) is 0 Å². The van der Waals surface area contributed by atoms with E-state index in [1.165, 1.54) is 0 Å². The van der Waals surface area contributed by atoms with Gasteiger partial charge in [-0.05, 0) is 5.56 Å². The second-order valence-corrected chi connectivity index (χ2v) is 2.24. The third-order valence-electron chi connectivity index (χ3n) is 1.52. The lowest BCUT2D eigenvalue weighted by Crippen LogP contribution is -1.94. The van der Waals surface area contributed by atoms with Gasteiger partial charge in [0.1, 0.15) is 0 Å². The monoisotopic (exact) mass is 147 g/mol. The van der Waals surface area contributed by atoms with E-state index >= 15 is 0 Å². The van der Waals surface area contributed by atoms with Gasteiger partial charge in [0.15, 0.2) is 0 Å². The largest absolute Gasteiger partial charge is 0.290 e. The zero-order chi connectivity index (χ0) is 8.10. The van der Waals surface area contributed by atoms with E-state index in [-0.39, 0.29) is 5.92 Å². The van der Waals surface area contributed by atoms with Gasteiger partial charge in [-0.3, -0.25) is 4.79 Å². The van der Waals surface area contributed by atoms with Crippen molar-refractivity contribution in [3.05, 3.63) is 48.6 Å². The van der Waals surface area contributed by atoms with Crippen LogP contribution in [0.25, 0.3) is 0 Å². The lowest BCUT2D eigenvalue weighted by molar-refractivity contribution is 0.550. The quantitative estimate of drug-likeness (QED) is 0.598. The van der Waals surface area contributed by atoms with E-state index in [1.54, 1.807) is 6.08 Å². The second kappa shape index (κ2) is 3.71. The van der Waals surface area contributed by atoms with Gasteiger partial charge in [-0.1, -0.05) is 36.4 Å². The Hall–Kier alpha value is -1.37. The van der Waals surface area contributed by atoms with Gasteiger partial charge in [0.25, 0.3) is 0 Å². The number of rotatable bonds is 3. The van der Waals surface area contributed by atoms with E-state index in [2.05, 4.69) is 6.58 Å². The summed E-state index contributed by atoms with van der Waals surface area (Å²) >= 11 is 0. The van der Waals surface area contributed by atoms with Gasteiger partial charge in [0, 0.05) is 0 Å². The van der Waals surface area contributed by atoms with Crippen LogP contribution in [-0.2, 0) is 4.79 Å². The van der Waals surface area contributed by atoms with E-state index in [9.17, 15) is 4.79 Å². The summed E-state index contributed by atoms with van der Waals surface area (Å²) in [6.07, 6.45) is 3.49. The molecule has 0 amide bonds. The Morgan fingerprint density at radius 1 is 1.36 bits per heavy atom. The first-order chi connectivity index (χ1) is 5.38. The highest BCUT2D eigenvalue weighted by atomic mass is 16.1. The van der Waals surface area contributed by atoms with E-state index in [0.29, 0.717) is 0 Å². The summed E-state index contributed by atoms with van der Waals surface area (Å²) in [5.41, 5.74) is 0.942. The molecule has 55 valence electrons. The zero-order valence-corrected chi connectivity index (χ0v) is 6.16. The summed E-state index contributed by atoms with van der Waals surface area (Å²) in [7, 11) is 0. The highest BCUT2D eigenvalue weighted by Gasteiger charge is 2.03. The minimum atomic E-state index is -0.281. The maximum atomic E-state index is 10.3. The van der Waals surface area contributed by atoms with Gasteiger partial charge in [0.2, 0.25) is 6.29 Å². The van der Waals surface area contributed by atoms with E-state index in [4.69, 9.17) is 0 Å². The molecule has 1 aromatic rings. The molecule has 0 aromatic heterocycles. The fourth-order valence-corrected chi connectivity index (χ4v) is 0.913. The molecule has 0 saturated carbocycles. The van der Waals surface area contributed by atoms with Crippen molar-refractivity contribution in [1.29, 1.82) is 0 Å². The highest BCUT2D eigenvalue weighted by molar-refractivity contribution is 5.65. The predicted octanol–water partition coefficient (Wildman–Crippen LogP) is 2.07. The van der Waals surface area contributed by atoms with Gasteiger partial charge in [0.05, 0.1) is 5.92 Å². The van der Waals surface area contributed by atoms with Crippen LogP contribution >= 0.6 is 0 Å². The van der Waals surface area contributed by atoms with Crippen LogP contribution in [0.4, 0.5) is 0 Å². The number of carbonyl (C=O) groups excluding carboxylic acids is 1. The summed E-state index contributed by atoms with van der Waals surface area (Å²) in [6.45, 7) is 3.55. The summed E-state index contributed by atoms with van der Waals surface area (Å²) in [6, 6.07) is 9.47. The molecule has 1 radical (unpaired) electrons. The fourth-order valence-electron chi connectivity index (χ4n) is 0.913. The Kier molecular flexibility index (Phi) is 2.61. The van der Waals surface area contributed by atoms with Gasteiger partial charge in [-0.25, -0.2) is 0 Å². The number of allylic oxidation sites excluding steroid dienone is 1. The lowest BCUT2D eigenvalue weighted by Gasteiger charge is -2.01. The summed E-state index contributed by atoms with van der Waals surface area (Å²) < 4.78 is 0. The van der Waals surface area contributed by atoms with Crippen molar-refractivity contribution in [3.63, 3.8) is 0 Å². The molecule has 1 unspecified atom stereocenters. The molecule has 0 heterocycles. The SMILES string of the molecule is C=CC([C]=O)[14c]1ccccc1. The third-order valence-corrected chi connectivity index (χ3v) is 1.52. The van der Waals surface area contributed by atoms with Crippen LogP contribution in [0.1, 0.15) is 11.5 Å². The molecule has 1 rings (SSSR count). The molecule has 11 heavy (non-hydrogen) atoms. The molecule has 1 aromatic carbocycles. The standard InChI is InChI=1S/C10H9O/c1-2-9(8-11)10-6-4-3-5-7-10/h2-7,9H,1H2/i10+2. The molecule has 1 atom stereocenters. The molecule has 0 fully saturated rings. The van der Waals surface area contributed by atoms with Crippen LogP contribution in [0.5, 0.6) is 0 Å². The topological polar surface area (TPSA) is 17.1 Å². The van der Waals surface area contributed by atoms with Crippen molar-refractivity contribution in [2.45, 2.75) is 5.92 Å². The molecular weight excluding hydrogens is 138 g/mol. The first kappa shape index (κ1) is 7.73. The van der Waals surface area contributed by atoms with E-state index < -0.39 is 0 Å². The maximum absolute atomic E-state index is 10.3.